The van der Waals surface area contributed by atoms with Crippen molar-refractivity contribution >= 4 is 17.4 Å². The van der Waals surface area contributed by atoms with Crippen LogP contribution in [-0.4, -0.2) is 18.6 Å². The van der Waals surface area contributed by atoms with E-state index in [4.69, 9.17) is 0 Å². The van der Waals surface area contributed by atoms with Gasteiger partial charge in [-0.05, 0) is 13.1 Å². The van der Waals surface area contributed by atoms with Crippen molar-refractivity contribution in [1.82, 2.24) is 10.3 Å². The van der Waals surface area contributed by atoms with Crippen LogP contribution in [0.4, 0.5) is 0 Å². The smallest absolute Gasteiger partial charge is 0.115 e. The number of hydrogen-bond acceptors (Lipinski definition) is 3. The summed E-state index contributed by atoms with van der Waals surface area (Å²) in [4.78, 5) is 4.09. The van der Waals surface area contributed by atoms with E-state index in [0.717, 1.165) is 11.6 Å². The predicted octanol–water partition coefficient (Wildman–Crippen LogP) is 1.38. The fourth-order valence-corrected chi connectivity index (χ4v) is 1.15. The summed E-state index contributed by atoms with van der Waals surface area (Å²) in [6, 6.07) is 0. The lowest BCUT2D eigenvalue weighted by Gasteiger charge is -1.85. The van der Waals surface area contributed by atoms with Gasteiger partial charge in [0, 0.05) is 18.1 Å². The Morgan fingerprint density at radius 2 is 2.70 bits per heavy atom. The Morgan fingerprint density at radius 3 is 3.30 bits per heavy atom. The molecule has 54 valence electrons. The second-order valence-corrected chi connectivity index (χ2v) is 2.76. The van der Waals surface area contributed by atoms with Gasteiger partial charge in [0.05, 0.1) is 0 Å². The SMILES string of the molecule is CNCC=Cc1nccs1. The molecule has 2 nitrogen and oxygen atoms in total. The Labute approximate surface area is 64.6 Å². The van der Waals surface area contributed by atoms with E-state index in [2.05, 4.69) is 16.4 Å². The van der Waals surface area contributed by atoms with Gasteiger partial charge in [0.2, 0.25) is 0 Å². The van der Waals surface area contributed by atoms with Crippen LogP contribution in [-0.2, 0) is 0 Å². The topological polar surface area (TPSA) is 24.9 Å². The van der Waals surface area contributed by atoms with Gasteiger partial charge in [-0.1, -0.05) is 6.08 Å². The highest BCUT2D eigenvalue weighted by Crippen LogP contribution is 2.04. The van der Waals surface area contributed by atoms with Gasteiger partial charge in [0.1, 0.15) is 5.01 Å². The van der Waals surface area contributed by atoms with Gasteiger partial charge >= 0.3 is 0 Å². The maximum absolute atomic E-state index is 4.09. The lowest BCUT2D eigenvalue weighted by molar-refractivity contribution is 0.922. The van der Waals surface area contributed by atoms with Crippen LogP contribution in [0.1, 0.15) is 5.01 Å². The van der Waals surface area contributed by atoms with E-state index in [-0.39, 0.29) is 0 Å². The van der Waals surface area contributed by atoms with E-state index in [1.807, 2.05) is 24.7 Å². The van der Waals surface area contributed by atoms with Crippen molar-refractivity contribution < 1.29 is 0 Å². The zero-order valence-electron chi connectivity index (χ0n) is 5.87. The van der Waals surface area contributed by atoms with Crippen LogP contribution in [0.5, 0.6) is 0 Å². The zero-order valence-corrected chi connectivity index (χ0v) is 6.69. The van der Waals surface area contributed by atoms with Gasteiger partial charge in [0.15, 0.2) is 0 Å². The third kappa shape index (κ3) is 2.29. The standard InChI is InChI=1S/C7H10N2S/c1-8-4-2-3-7-9-5-6-10-7/h2-3,5-6,8H,4H2,1H3. The molecule has 3 heteroatoms. The minimum absolute atomic E-state index is 0.902. The molecule has 0 saturated carbocycles. The summed E-state index contributed by atoms with van der Waals surface area (Å²) in [6.45, 7) is 0.902. The summed E-state index contributed by atoms with van der Waals surface area (Å²) in [6.07, 6.45) is 5.88. The molecule has 0 radical (unpaired) electrons. The fraction of sp³-hybridized carbons (Fsp3) is 0.286. The van der Waals surface area contributed by atoms with Crippen molar-refractivity contribution in [2.24, 2.45) is 0 Å². The molecule has 0 atom stereocenters. The normalized spacial score (nSPS) is 10.9. The Balaban J connectivity index is 2.40. The molecule has 0 fully saturated rings. The van der Waals surface area contributed by atoms with Crippen molar-refractivity contribution in [2.75, 3.05) is 13.6 Å². The van der Waals surface area contributed by atoms with Gasteiger partial charge in [-0.25, -0.2) is 4.98 Å². The molecule has 0 aliphatic rings. The van der Waals surface area contributed by atoms with Gasteiger partial charge in [-0.15, -0.1) is 11.3 Å². The Bertz CT molecular complexity index is 191. The second-order valence-electron chi connectivity index (χ2n) is 1.83. The molecule has 0 bridgehead atoms. The number of hydrogen-bond donors (Lipinski definition) is 1. The molecule has 0 unspecified atom stereocenters. The molecule has 0 aromatic carbocycles. The molecule has 0 spiro atoms. The van der Waals surface area contributed by atoms with Crippen molar-refractivity contribution in [2.45, 2.75) is 0 Å². The molecular weight excluding hydrogens is 144 g/mol. The highest BCUT2D eigenvalue weighted by Gasteiger charge is 1.84. The van der Waals surface area contributed by atoms with Gasteiger partial charge in [-0.2, -0.15) is 0 Å². The Hall–Kier alpha value is -0.670. The molecule has 1 rings (SSSR count). The highest BCUT2D eigenvalue weighted by atomic mass is 32.1. The number of nitrogens with one attached hydrogen (secondary N) is 1. The first-order valence-electron chi connectivity index (χ1n) is 3.14. The van der Waals surface area contributed by atoms with E-state index in [9.17, 15) is 0 Å². The molecule has 1 aromatic rings. The van der Waals surface area contributed by atoms with Crippen molar-refractivity contribution in [1.29, 1.82) is 0 Å². The minimum atomic E-state index is 0.902. The predicted molar refractivity (Wildman–Crippen MR) is 45.1 cm³/mol. The maximum Gasteiger partial charge on any atom is 0.115 e. The van der Waals surface area contributed by atoms with E-state index in [0.29, 0.717) is 0 Å². The van der Waals surface area contributed by atoms with Gasteiger partial charge in [-0.3, -0.25) is 0 Å². The van der Waals surface area contributed by atoms with Crippen LogP contribution < -0.4 is 5.32 Å². The van der Waals surface area contributed by atoms with Crippen molar-refractivity contribution in [3.63, 3.8) is 0 Å². The summed E-state index contributed by atoms with van der Waals surface area (Å²) in [5, 5.41) is 6.06. The number of likely N-dealkylation sites (N-methyl/N-ethyl adjacent to an activating group) is 1. The van der Waals surface area contributed by atoms with Crippen molar-refractivity contribution in [3.8, 4) is 0 Å². The highest BCUT2D eigenvalue weighted by molar-refractivity contribution is 7.10. The molecule has 0 amide bonds. The third-order valence-electron chi connectivity index (χ3n) is 1.03. The molecule has 10 heavy (non-hydrogen) atoms. The minimum Gasteiger partial charge on any atom is -0.316 e. The molecule has 0 aliphatic carbocycles. The molecule has 0 saturated heterocycles. The molecule has 1 heterocycles. The van der Waals surface area contributed by atoms with Crippen LogP contribution >= 0.6 is 11.3 Å². The largest absolute Gasteiger partial charge is 0.316 e. The summed E-state index contributed by atoms with van der Waals surface area (Å²) < 4.78 is 0. The first-order valence-corrected chi connectivity index (χ1v) is 4.02. The Morgan fingerprint density at radius 1 is 1.80 bits per heavy atom. The molecule has 1 aromatic heterocycles. The maximum atomic E-state index is 4.09. The first kappa shape index (κ1) is 7.44. The van der Waals surface area contributed by atoms with E-state index < -0.39 is 0 Å². The number of rotatable bonds is 3. The lowest BCUT2D eigenvalue weighted by Crippen LogP contribution is -2.03. The monoisotopic (exact) mass is 154 g/mol. The lowest BCUT2D eigenvalue weighted by atomic mass is 10.5. The summed E-state index contributed by atoms with van der Waals surface area (Å²) in [5.74, 6) is 0. The van der Waals surface area contributed by atoms with Crippen molar-refractivity contribution in [3.05, 3.63) is 22.7 Å². The summed E-state index contributed by atoms with van der Waals surface area (Å²) >= 11 is 1.65. The first-order chi connectivity index (χ1) is 4.93. The number of nitrogens with zero attached hydrogens (tertiary/aromatic N) is 1. The average molecular weight is 154 g/mol. The molecule has 0 aliphatic heterocycles. The zero-order chi connectivity index (χ0) is 7.23. The van der Waals surface area contributed by atoms with E-state index in [1.54, 1.807) is 11.3 Å². The van der Waals surface area contributed by atoms with Gasteiger partial charge < -0.3 is 5.32 Å². The second kappa shape index (κ2) is 4.19. The van der Waals surface area contributed by atoms with Crippen LogP contribution in [0, 0.1) is 0 Å². The molecule has 1 N–H and O–H groups in total. The van der Waals surface area contributed by atoms with Crippen LogP contribution in [0.15, 0.2) is 17.7 Å². The molecular formula is C7H10N2S. The van der Waals surface area contributed by atoms with Gasteiger partial charge in [0.25, 0.3) is 0 Å². The van der Waals surface area contributed by atoms with Crippen LogP contribution in [0.3, 0.4) is 0 Å². The summed E-state index contributed by atoms with van der Waals surface area (Å²) in [7, 11) is 1.92. The average Bonchev–Trinajstić information content (AvgIpc) is 2.41. The Kier molecular flexibility index (Phi) is 3.12. The van der Waals surface area contributed by atoms with Crippen LogP contribution in [0.2, 0.25) is 0 Å². The van der Waals surface area contributed by atoms with E-state index >= 15 is 0 Å². The number of aromatic nitrogens is 1. The summed E-state index contributed by atoms with van der Waals surface area (Å²) in [5.41, 5.74) is 0. The van der Waals surface area contributed by atoms with Crippen LogP contribution in [0.25, 0.3) is 6.08 Å². The van der Waals surface area contributed by atoms with E-state index in [1.165, 1.54) is 0 Å². The third-order valence-corrected chi connectivity index (χ3v) is 1.77. The number of thiazole rings is 1. The fourth-order valence-electron chi connectivity index (χ4n) is 0.594. The quantitative estimate of drug-likeness (QED) is 0.711.